The average molecular weight is 342 g/mol. The molecule has 0 saturated heterocycles. The van der Waals surface area contributed by atoms with Crippen LogP contribution in [0.3, 0.4) is 0 Å². The number of amides is 1. The van der Waals surface area contributed by atoms with Gasteiger partial charge < -0.3 is 5.32 Å². The van der Waals surface area contributed by atoms with Crippen LogP contribution >= 0.6 is 0 Å². The van der Waals surface area contributed by atoms with Crippen molar-refractivity contribution in [1.29, 1.82) is 0 Å². The monoisotopic (exact) mass is 342 g/mol. The van der Waals surface area contributed by atoms with Crippen molar-refractivity contribution in [3.05, 3.63) is 30.1 Å². The minimum absolute atomic E-state index is 0.153. The van der Waals surface area contributed by atoms with Crippen LogP contribution in [0.15, 0.2) is 24.3 Å². The second kappa shape index (κ2) is 7.77. The smallest absolute Gasteiger partial charge is 0.240 e. The van der Waals surface area contributed by atoms with Crippen molar-refractivity contribution in [3.63, 3.8) is 0 Å². The summed E-state index contributed by atoms with van der Waals surface area (Å²) in [5, 5.41) is 2.80. The lowest BCUT2D eigenvalue weighted by atomic mass is 9.89. The van der Waals surface area contributed by atoms with E-state index >= 15 is 0 Å². The molecule has 2 rings (SSSR count). The number of hydrogen-bond acceptors (Lipinski definition) is 3. The molecule has 1 saturated carbocycles. The van der Waals surface area contributed by atoms with Gasteiger partial charge in [0.25, 0.3) is 0 Å². The number of nitrogens with zero attached hydrogens (tertiary/aromatic N) is 1. The van der Waals surface area contributed by atoms with Crippen molar-refractivity contribution < 1.29 is 17.6 Å². The van der Waals surface area contributed by atoms with Gasteiger partial charge in [0.15, 0.2) is 0 Å². The number of nitrogens with one attached hydrogen (secondary N) is 1. The van der Waals surface area contributed by atoms with Gasteiger partial charge in [0.1, 0.15) is 12.4 Å². The van der Waals surface area contributed by atoms with Crippen LogP contribution in [0.5, 0.6) is 0 Å². The lowest BCUT2D eigenvalue weighted by Crippen LogP contribution is -2.42. The van der Waals surface area contributed by atoms with Gasteiger partial charge in [-0.2, -0.15) is 0 Å². The number of carbonyl (C=O) groups excluding carboxylic acids is 1. The first-order valence-corrected chi connectivity index (χ1v) is 9.71. The first-order chi connectivity index (χ1) is 10.9. The fraction of sp³-hybridized carbons (Fsp3) is 0.562. The molecule has 1 aromatic rings. The number of carbonyl (C=O) groups is 1. The van der Waals surface area contributed by atoms with Gasteiger partial charge in [-0.05, 0) is 37.0 Å². The Morgan fingerprint density at radius 2 is 2.00 bits per heavy atom. The largest absolute Gasteiger partial charge is 0.354 e. The van der Waals surface area contributed by atoms with Crippen LogP contribution in [-0.2, 0) is 14.8 Å². The molecule has 7 heteroatoms. The molecule has 1 aromatic carbocycles. The molecule has 5 nitrogen and oxygen atoms in total. The summed E-state index contributed by atoms with van der Waals surface area (Å²) >= 11 is 0. The molecule has 0 aromatic heterocycles. The van der Waals surface area contributed by atoms with Crippen LogP contribution in [0, 0.1) is 11.7 Å². The maximum Gasteiger partial charge on any atom is 0.240 e. The number of hydrogen-bond donors (Lipinski definition) is 1. The highest BCUT2D eigenvalue weighted by molar-refractivity contribution is 7.92. The zero-order chi connectivity index (χ0) is 16.9. The summed E-state index contributed by atoms with van der Waals surface area (Å²) < 4.78 is 38.1. The molecule has 0 spiro atoms. The fourth-order valence-electron chi connectivity index (χ4n) is 2.87. The fourth-order valence-corrected chi connectivity index (χ4v) is 3.72. The SMILES string of the molecule is CS(=O)(=O)N(CC(=O)NCC1CCCCC1)c1cccc(F)c1. The Bertz CT molecular complexity index is 642. The van der Waals surface area contributed by atoms with Crippen LogP contribution in [0.1, 0.15) is 32.1 Å². The van der Waals surface area contributed by atoms with Gasteiger partial charge >= 0.3 is 0 Å². The maximum absolute atomic E-state index is 13.3. The number of benzene rings is 1. The molecular formula is C16H23FN2O3S. The maximum atomic E-state index is 13.3. The molecule has 1 N–H and O–H groups in total. The van der Waals surface area contributed by atoms with Crippen molar-refractivity contribution in [2.45, 2.75) is 32.1 Å². The molecule has 23 heavy (non-hydrogen) atoms. The van der Waals surface area contributed by atoms with Crippen molar-refractivity contribution in [2.75, 3.05) is 23.7 Å². The molecule has 0 radical (unpaired) electrons. The zero-order valence-corrected chi connectivity index (χ0v) is 14.1. The highest BCUT2D eigenvalue weighted by atomic mass is 32.2. The topological polar surface area (TPSA) is 66.5 Å². The summed E-state index contributed by atoms with van der Waals surface area (Å²) in [5.74, 6) is -0.447. The second-order valence-corrected chi connectivity index (χ2v) is 7.96. The molecule has 1 amide bonds. The average Bonchev–Trinajstić information content (AvgIpc) is 2.50. The normalized spacial score (nSPS) is 16.1. The van der Waals surface area contributed by atoms with Crippen LogP contribution in [0.25, 0.3) is 0 Å². The molecule has 0 bridgehead atoms. The first kappa shape index (κ1) is 17.7. The van der Waals surface area contributed by atoms with E-state index in [1.54, 1.807) is 0 Å². The number of sulfonamides is 1. The third kappa shape index (κ3) is 5.49. The van der Waals surface area contributed by atoms with Gasteiger partial charge in [0.2, 0.25) is 15.9 Å². The van der Waals surface area contributed by atoms with E-state index in [4.69, 9.17) is 0 Å². The van der Waals surface area contributed by atoms with Gasteiger partial charge in [0.05, 0.1) is 11.9 Å². The molecule has 0 unspecified atom stereocenters. The quantitative estimate of drug-likeness (QED) is 0.862. The minimum Gasteiger partial charge on any atom is -0.354 e. The van der Waals surface area contributed by atoms with Crippen LogP contribution in [-0.4, -0.2) is 33.7 Å². The third-order valence-corrected chi connectivity index (χ3v) is 5.24. The summed E-state index contributed by atoms with van der Waals surface area (Å²) in [7, 11) is -3.67. The van der Waals surface area contributed by atoms with E-state index in [-0.39, 0.29) is 18.1 Å². The molecule has 0 aliphatic heterocycles. The van der Waals surface area contributed by atoms with Gasteiger partial charge in [-0.1, -0.05) is 25.3 Å². The van der Waals surface area contributed by atoms with E-state index in [1.165, 1.54) is 37.5 Å². The Morgan fingerprint density at radius 3 is 2.61 bits per heavy atom. The standard InChI is InChI=1S/C16H23FN2O3S/c1-23(21,22)19(15-9-5-8-14(17)10-15)12-16(20)18-11-13-6-3-2-4-7-13/h5,8-10,13H,2-4,6-7,11-12H2,1H3,(H,18,20). The molecular weight excluding hydrogens is 319 g/mol. The van der Waals surface area contributed by atoms with Gasteiger partial charge in [0, 0.05) is 6.54 Å². The minimum atomic E-state index is -3.67. The van der Waals surface area contributed by atoms with Gasteiger partial charge in [-0.25, -0.2) is 12.8 Å². The molecule has 0 atom stereocenters. The predicted molar refractivity (Wildman–Crippen MR) is 88.2 cm³/mol. The predicted octanol–water partition coefficient (Wildman–Crippen LogP) is 2.29. The van der Waals surface area contributed by atoms with Crippen molar-refractivity contribution in [2.24, 2.45) is 5.92 Å². The van der Waals surface area contributed by atoms with Crippen LogP contribution < -0.4 is 9.62 Å². The first-order valence-electron chi connectivity index (χ1n) is 7.86. The zero-order valence-electron chi connectivity index (χ0n) is 13.3. The van der Waals surface area contributed by atoms with E-state index in [9.17, 15) is 17.6 Å². The van der Waals surface area contributed by atoms with E-state index in [1.807, 2.05) is 0 Å². The third-order valence-electron chi connectivity index (χ3n) is 4.10. The van der Waals surface area contributed by atoms with Crippen molar-refractivity contribution in [1.82, 2.24) is 5.32 Å². The van der Waals surface area contributed by atoms with E-state index < -0.39 is 15.8 Å². The van der Waals surface area contributed by atoms with Gasteiger partial charge in [-0.15, -0.1) is 0 Å². The van der Waals surface area contributed by atoms with Crippen LogP contribution in [0.2, 0.25) is 0 Å². The van der Waals surface area contributed by atoms with Crippen molar-refractivity contribution >= 4 is 21.6 Å². The van der Waals surface area contributed by atoms with Crippen LogP contribution in [0.4, 0.5) is 10.1 Å². The molecule has 128 valence electrons. The molecule has 1 aliphatic rings. The Kier molecular flexibility index (Phi) is 5.98. The lowest BCUT2D eigenvalue weighted by molar-refractivity contribution is -0.119. The number of halogens is 1. The molecule has 1 aliphatic carbocycles. The van der Waals surface area contributed by atoms with E-state index in [0.717, 1.165) is 29.5 Å². The lowest BCUT2D eigenvalue weighted by Gasteiger charge is -2.24. The second-order valence-electron chi connectivity index (χ2n) is 6.06. The summed E-state index contributed by atoms with van der Waals surface area (Å²) in [4.78, 5) is 12.1. The Hall–Kier alpha value is -1.63. The van der Waals surface area contributed by atoms with E-state index in [2.05, 4.69) is 5.32 Å². The van der Waals surface area contributed by atoms with E-state index in [0.29, 0.717) is 12.5 Å². The molecule has 0 heterocycles. The number of rotatable bonds is 6. The van der Waals surface area contributed by atoms with Gasteiger partial charge in [-0.3, -0.25) is 9.10 Å². The Labute approximate surface area is 136 Å². The summed E-state index contributed by atoms with van der Waals surface area (Å²) in [6.07, 6.45) is 6.80. The highest BCUT2D eigenvalue weighted by Crippen LogP contribution is 2.23. The Balaban J connectivity index is 1.99. The highest BCUT2D eigenvalue weighted by Gasteiger charge is 2.22. The summed E-state index contributed by atoms with van der Waals surface area (Å²) in [5.41, 5.74) is 0.153. The summed E-state index contributed by atoms with van der Waals surface area (Å²) in [6.45, 7) is 0.231. The van der Waals surface area contributed by atoms with Crippen molar-refractivity contribution in [3.8, 4) is 0 Å². The Morgan fingerprint density at radius 1 is 1.30 bits per heavy atom. The summed E-state index contributed by atoms with van der Waals surface area (Å²) in [6, 6.07) is 5.23. The number of anilines is 1. The molecule has 1 fully saturated rings.